The maximum Gasteiger partial charge on any atom is 1.00 e. The van der Waals surface area contributed by atoms with Crippen molar-refractivity contribution in [3.63, 3.8) is 0 Å². The third-order valence-electron chi connectivity index (χ3n) is 0. The second-order valence-corrected chi connectivity index (χ2v) is 1.80. The van der Waals surface area contributed by atoms with Gasteiger partial charge in [0.15, 0.2) is 0 Å². The standard InChI is InChI=1S/K.H4O4Si.H3P.Zn.H/c;1-5(2,3)4;;;/h;1-4H;1H3;;/q+1;;;;-1. The first kappa shape index (κ1) is 22.4. The zero-order chi connectivity index (χ0) is 4.50. The monoisotopic (exact) mass is 234 g/mol. The fraction of sp³-hybridized carbons (Fsp3) is 0. The largest absolute Gasteiger partial charge is 1.00 e. The Bertz CT molecular complexity index is 36.0. The van der Waals surface area contributed by atoms with Crippen molar-refractivity contribution >= 4 is 18.9 Å². The Morgan fingerprint density at radius 3 is 1.00 bits per heavy atom. The molecule has 4 N–H and O–H groups in total. The number of rotatable bonds is 0. The Hall–Kier alpha value is 2.75. The Labute approximate surface area is 108 Å². The second-order valence-electron chi connectivity index (χ2n) is 0.600. The Kier molecular flexibility index (Phi) is 27.3. The predicted molar refractivity (Wildman–Crippen MR) is 26.8 cm³/mol. The van der Waals surface area contributed by atoms with E-state index in [1.807, 2.05) is 0 Å². The van der Waals surface area contributed by atoms with Gasteiger partial charge in [-0.3, -0.25) is 0 Å². The molecule has 8 heavy (non-hydrogen) atoms. The van der Waals surface area contributed by atoms with Gasteiger partial charge in [0, 0.05) is 19.5 Å². The van der Waals surface area contributed by atoms with Gasteiger partial charge in [0.2, 0.25) is 0 Å². The van der Waals surface area contributed by atoms with E-state index in [1.165, 1.54) is 0 Å². The van der Waals surface area contributed by atoms with Crippen LogP contribution in [-0.2, 0) is 19.5 Å². The van der Waals surface area contributed by atoms with Gasteiger partial charge >= 0.3 is 60.4 Å². The molecule has 1 unspecified atom stereocenters. The van der Waals surface area contributed by atoms with Gasteiger partial charge in [0.05, 0.1) is 0 Å². The molecule has 0 spiro atoms. The number of hydrogen-bond donors (Lipinski definition) is 4. The summed E-state index contributed by atoms with van der Waals surface area (Å²) in [5, 5.41) is 0. The molecule has 0 aliphatic rings. The van der Waals surface area contributed by atoms with Crippen LogP contribution in [0.5, 0.6) is 0 Å². The average Bonchev–Trinajstić information content (AvgIpc) is 0.722. The molecule has 0 amide bonds. The molecule has 0 heterocycles. The molecule has 0 saturated heterocycles. The van der Waals surface area contributed by atoms with E-state index >= 15 is 0 Å². The summed E-state index contributed by atoms with van der Waals surface area (Å²) in [5.41, 5.74) is 0. The summed E-state index contributed by atoms with van der Waals surface area (Å²) < 4.78 is 0. The van der Waals surface area contributed by atoms with E-state index in [0.29, 0.717) is 0 Å². The molecule has 0 aromatic heterocycles. The molecule has 0 fully saturated rings. The molecule has 0 rings (SSSR count). The van der Waals surface area contributed by atoms with Crippen molar-refractivity contribution < 1.29 is 91.5 Å². The topological polar surface area (TPSA) is 80.9 Å². The second kappa shape index (κ2) is 9.75. The zero-order valence-corrected chi connectivity index (χ0v) is 13.2. The fourth-order valence-electron chi connectivity index (χ4n) is 0. The van der Waals surface area contributed by atoms with E-state index in [4.69, 9.17) is 19.2 Å². The minimum absolute atomic E-state index is 0. The van der Waals surface area contributed by atoms with Crippen LogP contribution in [-0.4, -0.2) is 28.2 Å². The van der Waals surface area contributed by atoms with Crippen LogP contribution in [0.4, 0.5) is 0 Å². The minimum Gasteiger partial charge on any atom is -1.00 e. The Balaban J connectivity index is -0.0000000133. The molecule has 1 atom stereocenters. The van der Waals surface area contributed by atoms with E-state index in [9.17, 15) is 0 Å². The summed E-state index contributed by atoms with van der Waals surface area (Å²) in [5.74, 6) is 0. The van der Waals surface area contributed by atoms with Crippen molar-refractivity contribution in [1.82, 2.24) is 0 Å². The normalized spacial score (nSPS) is 7.50. The first-order valence-electron chi connectivity index (χ1n) is 0.894. The van der Waals surface area contributed by atoms with Crippen LogP contribution in [0.15, 0.2) is 0 Å². The summed E-state index contributed by atoms with van der Waals surface area (Å²) in [4.78, 5) is 29.3. The Morgan fingerprint density at radius 1 is 1.00 bits per heavy atom. The van der Waals surface area contributed by atoms with Crippen molar-refractivity contribution in [3.05, 3.63) is 0 Å². The Morgan fingerprint density at radius 2 is 1.00 bits per heavy atom. The van der Waals surface area contributed by atoms with Gasteiger partial charge in [-0.05, 0) is 0 Å². The smallest absolute Gasteiger partial charge is 1.00 e. The van der Waals surface area contributed by atoms with Gasteiger partial charge in [0.25, 0.3) is 0 Å². The van der Waals surface area contributed by atoms with Gasteiger partial charge in [-0.15, -0.1) is 0 Å². The van der Waals surface area contributed by atoms with Crippen molar-refractivity contribution in [1.29, 1.82) is 0 Å². The third-order valence-corrected chi connectivity index (χ3v) is 0. The summed E-state index contributed by atoms with van der Waals surface area (Å²) in [6, 6.07) is 0. The van der Waals surface area contributed by atoms with Crippen LogP contribution in [0.25, 0.3) is 0 Å². The summed E-state index contributed by atoms with van der Waals surface area (Å²) in [7, 11) is -4.61. The first-order valence-corrected chi connectivity index (χ1v) is 2.68. The van der Waals surface area contributed by atoms with E-state index in [2.05, 4.69) is 0 Å². The minimum atomic E-state index is -4.61. The average molecular weight is 236 g/mol. The van der Waals surface area contributed by atoms with Crippen LogP contribution >= 0.6 is 9.90 Å². The van der Waals surface area contributed by atoms with Gasteiger partial charge in [0.1, 0.15) is 0 Å². The maximum atomic E-state index is 7.33. The summed E-state index contributed by atoms with van der Waals surface area (Å²) in [6.07, 6.45) is 0. The molecular formula is H8KO4PSiZn. The van der Waals surface area contributed by atoms with Gasteiger partial charge in [-0.25, -0.2) is 0 Å². The fourth-order valence-corrected chi connectivity index (χ4v) is 0. The molecule has 0 aliphatic heterocycles. The molecule has 0 bridgehead atoms. The molecule has 44 valence electrons. The zero-order valence-electron chi connectivity index (χ0n) is 5.70. The molecule has 0 radical (unpaired) electrons. The molecule has 0 aromatic rings. The van der Waals surface area contributed by atoms with Crippen molar-refractivity contribution in [3.8, 4) is 0 Å². The van der Waals surface area contributed by atoms with Gasteiger partial charge in [-0.1, -0.05) is 0 Å². The van der Waals surface area contributed by atoms with E-state index in [-0.39, 0.29) is 82.2 Å². The van der Waals surface area contributed by atoms with Crippen molar-refractivity contribution in [2.75, 3.05) is 0 Å². The van der Waals surface area contributed by atoms with Crippen LogP contribution in [0.1, 0.15) is 1.43 Å². The first-order chi connectivity index (χ1) is 2.00. The molecule has 0 aliphatic carbocycles. The van der Waals surface area contributed by atoms with Crippen molar-refractivity contribution in [2.24, 2.45) is 0 Å². The molecule has 8 heteroatoms. The quantitative estimate of drug-likeness (QED) is 0.250. The van der Waals surface area contributed by atoms with E-state index in [0.717, 1.165) is 0 Å². The maximum absolute atomic E-state index is 7.33. The predicted octanol–water partition coefficient (Wildman–Crippen LogP) is -5.44. The summed E-state index contributed by atoms with van der Waals surface area (Å²) in [6.45, 7) is 0. The van der Waals surface area contributed by atoms with E-state index in [1.54, 1.807) is 0 Å². The van der Waals surface area contributed by atoms with Crippen LogP contribution < -0.4 is 51.4 Å². The SMILES string of the molecule is O[Si](O)(O)O.P.[H-].[K+].[Zn]. The molecular weight excluding hydrogens is 228 g/mol. The van der Waals surface area contributed by atoms with Gasteiger partial charge in [-0.2, -0.15) is 9.90 Å². The number of hydrogen-bond acceptors (Lipinski definition) is 4. The van der Waals surface area contributed by atoms with Crippen molar-refractivity contribution in [2.45, 2.75) is 0 Å². The van der Waals surface area contributed by atoms with Gasteiger partial charge < -0.3 is 20.6 Å². The van der Waals surface area contributed by atoms with Crippen LogP contribution in [0, 0.1) is 0 Å². The molecule has 4 nitrogen and oxygen atoms in total. The summed E-state index contributed by atoms with van der Waals surface area (Å²) >= 11 is 0. The van der Waals surface area contributed by atoms with Crippen LogP contribution in [0.3, 0.4) is 0 Å². The molecule has 0 aromatic carbocycles. The third kappa shape index (κ3) is 69.6. The molecule has 0 saturated carbocycles. The van der Waals surface area contributed by atoms with Crippen LogP contribution in [0.2, 0.25) is 0 Å². The van der Waals surface area contributed by atoms with E-state index < -0.39 is 9.05 Å².